The maximum absolute atomic E-state index is 12.6. The van der Waals surface area contributed by atoms with Crippen molar-refractivity contribution in [3.63, 3.8) is 0 Å². The summed E-state index contributed by atoms with van der Waals surface area (Å²) in [5.74, 6) is 1.51. The van der Waals surface area contributed by atoms with Crippen molar-refractivity contribution in [3.8, 4) is 0 Å². The number of aromatic nitrogens is 3. The third-order valence-electron chi connectivity index (χ3n) is 7.87. The first-order valence-corrected chi connectivity index (χ1v) is 12.9. The van der Waals surface area contributed by atoms with Crippen molar-refractivity contribution in [2.24, 2.45) is 5.41 Å². The number of amides is 1. The first-order valence-electron chi connectivity index (χ1n) is 12.1. The minimum atomic E-state index is -0.695. The van der Waals surface area contributed by atoms with Crippen molar-refractivity contribution in [1.82, 2.24) is 15.0 Å². The summed E-state index contributed by atoms with van der Waals surface area (Å²) in [6.07, 6.45) is 10.2. The lowest BCUT2D eigenvalue weighted by atomic mass is 9.76. The van der Waals surface area contributed by atoms with E-state index in [9.17, 15) is 4.79 Å². The van der Waals surface area contributed by atoms with Gasteiger partial charge in [-0.3, -0.25) is 4.79 Å². The van der Waals surface area contributed by atoms with Gasteiger partial charge >= 0.3 is 0 Å². The molecule has 3 aliphatic heterocycles. The summed E-state index contributed by atoms with van der Waals surface area (Å²) in [6, 6.07) is 10.8. The van der Waals surface area contributed by atoms with Crippen LogP contribution in [-0.2, 0) is 22.4 Å². The molecule has 3 aromatic rings. The predicted octanol–water partition coefficient (Wildman–Crippen LogP) is 3.54. The third kappa shape index (κ3) is 3.56. The van der Waals surface area contributed by atoms with E-state index < -0.39 is 5.54 Å². The van der Waals surface area contributed by atoms with Crippen molar-refractivity contribution < 1.29 is 9.53 Å². The standard InChI is InChI=1S/C26H26N6O2S/c33-24-26(15-34-16-26)31-23-22(30-24)19(5-8-27-23)35-21-14-28-20(13-29-21)32-9-6-25(7-10-32)11-17-3-1-2-4-18(17)12-25/h1-5,8,13-14H,6-7,9-12,15-16H2,(H,27,31)(H,30,33). The number of fused-ring (bicyclic) bond motifs is 2. The van der Waals surface area contributed by atoms with E-state index in [1.807, 2.05) is 18.5 Å². The number of benzene rings is 1. The number of hydrogen-bond acceptors (Lipinski definition) is 8. The Morgan fingerprint density at radius 3 is 2.40 bits per heavy atom. The van der Waals surface area contributed by atoms with E-state index in [0.717, 1.165) is 28.8 Å². The summed E-state index contributed by atoms with van der Waals surface area (Å²) in [5.41, 5.74) is 3.46. The molecule has 1 aliphatic carbocycles. The Balaban J connectivity index is 1.02. The Morgan fingerprint density at radius 1 is 0.971 bits per heavy atom. The van der Waals surface area contributed by atoms with E-state index in [2.05, 4.69) is 49.8 Å². The van der Waals surface area contributed by atoms with Crippen LogP contribution in [-0.4, -0.2) is 52.7 Å². The molecule has 7 rings (SSSR count). The molecule has 35 heavy (non-hydrogen) atoms. The molecule has 0 unspecified atom stereocenters. The maximum atomic E-state index is 12.6. The quantitative estimate of drug-likeness (QED) is 0.581. The lowest BCUT2D eigenvalue weighted by Crippen LogP contribution is -2.65. The summed E-state index contributed by atoms with van der Waals surface area (Å²) in [4.78, 5) is 29.7. The molecule has 2 N–H and O–H groups in total. The number of anilines is 3. The Morgan fingerprint density at radius 2 is 1.74 bits per heavy atom. The fourth-order valence-corrected chi connectivity index (χ4v) is 6.56. The van der Waals surface area contributed by atoms with Gasteiger partial charge in [0.2, 0.25) is 0 Å². The molecule has 4 aliphatic rings. The smallest absolute Gasteiger partial charge is 0.255 e. The van der Waals surface area contributed by atoms with E-state index in [0.29, 0.717) is 30.1 Å². The zero-order valence-electron chi connectivity index (χ0n) is 19.3. The van der Waals surface area contributed by atoms with Gasteiger partial charge in [0.05, 0.1) is 31.3 Å². The van der Waals surface area contributed by atoms with Crippen LogP contribution < -0.4 is 15.5 Å². The van der Waals surface area contributed by atoms with Gasteiger partial charge in [-0.05, 0) is 48.3 Å². The average Bonchev–Trinajstić information content (AvgIpc) is 3.22. The van der Waals surface area contributed by atoms with Crippen molar-refractivity contribution >= 4 is 35.0 Å². The van der Waals surface area contributed by atoms with Crippen LogP contribution in [0, 0.1) is 5.41 Å². The largest absolute Gasteiger partial charge is 0.375 e. The van der Waals surface area contributed by atoms with Crippen LogP contribution in [0.25, 0.3) is 0 Å². The Kier molecular flexibility index (Phi) is 4.79. The molecule has 1 aromatic carbocycles. The lowest BCUT2D eigenvalue weighted by molar-refractivity contribution is -0.135. The minimum Gasteiger partial charge on any atom is -0.375 e. The molecule has 0 radical (unpaired) electrons. The summed E-state index contributed by atoms with van der Waals surface area (Å²) >= 11 is 1.48. The highest BCUT2D eigenvalue weighted by Crippen LogP contribution is 2.45. The minimum absolute atomic E-state index is 0.0826. The van der Waals surface area contributed by atoms with Crippen LogP contribution in [0.3, 0.4) is 0 Å². The number of ether oxygens (including phenoxy) is 1. The van der Waals surface area contributed by atoms with Gasteiger partial charge in [-0.25, -0.2) is 15.0 Å². The highest BCUT2D eigenvalue weighted by molar-refractivity contribution is 7.99. The van der Waals surface area contributed by atoms with Gasteiger partial charge in [0.15, 0.2) is 11.4 Å². The van der Waals surface area contributed by atoms with E-state index >= 15 is 0 Å². The molecular weight excluding hydrogens is 460 g/mol. The van der Waals surface area contributed by atoms with Crippen molar-refractivity contribution in [2.75, 3.05) is 41.8 Å². The van der Waals surface area contributed by atoms with Gasteiger partial charge in [-0.15, -0.1) is 0 Å². The van der Waals surface area contributed by atoms with Gasteiger partial charge < -0.3 is 20.3 Å². The van der Waals surface area contributed by atoms with Gasteiger partial charge in [0.25, 0.3) is 5.91 Å². The van der Waals surface area contributed by atoms with Crippen LogP contribution in [0.15, 0.2) is 58.8 Å². The molecule has 1 amide bonds. The number of nitrogens with one attached hydrogen (secondary N) is 2. The van der Waals surface area contributed by atoms with E-state index in [4.69, 9.17) is 9.72 Å². The van der Waals surface area contributed by atoms with Crippen LogP contribution >= 0.6 is 11.8 Å². The van der Waals surface area contributed by atoms with Crippen LogP contribution in [0.5, 0.6) is 0 Å². The second-order valence-corrected chi connectivity index (χ2v) is 11.2. The second kappa shape index (κ2) is 7.93. The predicted molar refractivity (Wildman–Crippen MR) is 134 cm³/mol. The molecule has 2 spiro atoms. The molecule has 0 bridgehead atoms. The second-order valence-electron chi connectivity index (χ2n) is 10.1. The van der Waals surface area contributed by atoms with Gasteiger partial charge in [-0.2, -0.15) is 0 Å². The van der Waals surface area contributed by atoms with Gasteiger partial charge in [0, 0.05) is 24.2 Å². The third-order valence-corrected chi connectivity index (χ3v) is 8.85. The summed E-state index contributed by atoms with van der Waals surface area (Å²) in [5, 5.41) is 7.05. The fraction of sp³-hybridized carbons (Fsp3) is 0.385. The molecule has 0 saturated carbocycles. The number of nitrogens with zero attached hydrogens (tertiary/aromatic N) is 4. The van der Waals surface area contributed by atoms with Crippen molar-refractivity contribution in [1.29, 1.82) is 0 Å². The van der Waals surface area contributed by atoms with Crippen molar-refractivity contribution in [3.05, 3.63) is 60.0 Å². The number of carbonyl (C=O) groups excluding carboxylic acids is 1. The van der Waals surface area contributed by atoms with Crippen LogP contribution in [0.4, 0.5) is 17.3 Å². The van der Waals surface area contributed by atoms with Crippen LogP contribution in [0.1, 0.15) is 24.0 Å². The zero-order valence-corrected chi connectivity index (χ0v) is 20.1. The molecule has 2 saturated heterocycles. The molecule has 178 valence electrons. The van der Waals surface area contributed by atoms with Gasteiger partial charge in [0.1, 0.15) is 10.8 Å². The summed E-state index contributed by atoms with van der Waals surface area (Å²) < 4.78 is 5.25. The molecule has 0 atom stereocenters. The number of rotatable bonds is 3. The van der Waals surface area contributed by atoms with Crippen molar-refractivity contribution in [2.45, 2.75) is 41.1 Å². The lowest BCUT2D eigenvalue weighted by Gasteiger charge is -2.43. The van der Waals surface area contributed by atoms with E-state index in [1.54, 1.807) is 6.20 Å². The molecule has 9 heteroatoms. The fourth-order valence-electron chi connectivity index (χ4n) is 5.75. The summed E-state index contributed by atoms with van der Waals surface area (Å²) in [7, 11) is 0. The molecule has 8 nitrogen and oxygen atoms in total. The number of carbonyl (C=O) groups is 1. The Labute approximate surface area is 207 Å². The molecule has 5 heterocycles. The summed E-state index contributed by atoms with van der Waals surface area (Å²) in [6.45, 7) is 2.73. The maximum Gasteiger partial charge on any atom is 0.255 e. The van der Waals surface area contributed by atoms with E-state index in [1.165, 1.54) is 48.6 Å². The highest BCUT2D eigenvalue weighted by Gasteiger charge is 2.49. The first-order chi connectivity index (χ1) is 17.1. The van der Waals surface area contributed by atoms with Crippen LogP contribution in [0.2, 0.25) is 0 Å². The number of pyridine rings is 1. The monoisotopic (exact) mass is 486 g/mol. The Hall–Kier alpha value is -3.17. The average molecular weight is 487 g/mol. The molecule has 2 aromatic heterocycles. The van der Waals surface area contributed by atoms with E-state index in [-0.39, 0.29) is 5.91 Å². The number of piperidine rings is 1. The zero-order chi connectivity index (χ0) is 23.5. The normalized spacial score (nSPS) is 21.1. The molecular formula is C26H26N6O2S. The Bertz CT molecular complexity index is 1270. The van der Waals surface area contributed by atoms with Gasteiger partial charge in [-0.1, -0.05) is 36.0 Å². The SMILES string of the molecule is O=C1Nc2c(Sc3cnc(N4CCC5(CC4)Cc4ccccc4C5)cn3)ccnc2NC12COC2. The first kappa shape index (κ1) is 21.1. The highest BCUT2D eigenvalue weighted by atomic mass is 32.2. The number of hydrogen-bond donors (Lipinski definition) is 2. The topological polar surface area (TPSA) is 92.3 Å². The molecule has 2 fully saturated rings.